The number of furan rings is 1. The largest absolute Gasteiger partial charge is 0.492 e. The lowest BCUT2D eigenvalue weighted by Gasteiger charge is -2.17. The summed E-state index contributed by atoms with van der Waals surface area (Å²) >= 11 is 5.31. The molecule has 0 atom stereocenters. The highest BCUT2D eigenvalue weighted by Gasteiger charge is 2.33. The molecule has 1 fully saturated rings. The van der Waals surface area contributed by atoms with Crippen LogP contribution in [0.4, 0.5) is 5.69 Å². The van der Waals surface area contributed by atoms with Crippen LogP contribution in [0.2, 0.25) is 0 Å². The summed E-state index contributed by atoms with van der Waals surface area (Å²) in [6, 6.07) is 10.9. The molecule has 0 radical (unpaired) electrons. The van der Waals surface area contributed by atoms with Gasteiger partial charge < -0.3 is 14.5 Å². The molecule has 2 aromatic rings. The van der Waals surface area contributed by atoms with Crippen molar-refractivity contribution < 1.29 is 13.9 Å². The lowest BCUT2D eigenvalue weighted by atomic mass is 10.2. The van der Waals surface area contributed by atoms with Crippen molar-refractivity contribution in [1.82, 2.24) is 5.32 Å². The van der Waals surface area contributed by atoms with E-state index >= 15 is 0 Å². The van der Waals surface area contributed by atoms with E-state index in [0.717, 1.165) is 0 Å². The molecule has 0 spiro atoms. The number of nitrogens with zero attached hydrogens (tertiary/aromatic N) is 1. The third-order valence-electron chi connectivity index (χ3n) is 3.35. The number of anilines is 1. The van der Waals surface area contributed by atoms with Gasteiger partial charge in [0.25, 0.3) is 5.91 Å². The number of carbonyl (C=O) groups is 1. The average molecular weight is 340 g/mol. The molecule has 24 heavy (non-hydrogen) atoms. The van der Waals surface area contributed by atoms with Gasteiger partial charge in [0.15, 0.2) is 5.11 Å². The fourth-order valence-electron chi connectivity index (χ4n) is 2.31. The number of para-hydroxylation sites is 2. The third-order valence-corrected chi connectivity index (χ3v) is 3.64. The Hall–Kier alpha value is -2.86. The smallest absolute Gasteiger partial charge is 0.281 e. The Balaban J connectivity index is 1.84. The van der Waals surface area contributed by atoms with Crippen LogP contribution < -0.4 is 15.0 Å². The van der Waals surface area contributed by atoms with Crippen molar-refractivity contribution in [3.63, 3.8) is 0 Å². The van der Waals surface area contributed by atoms with E-state index in [1.54, 1.807) is 36.6 Å². The minimum atomic E-state index is -0.226. The molecule has 3 rings (SSSR count). The van der Waals surface area contributed by atoms with Crippen molar-refractivity contribution in [1.29, 1.82) is 0 Å². The van der Waals surface area contributed by atoms with Gasteiger partial charge in [-0.2, -0.15) is 0 Å². The van der Waals surface area contributed by atoms with Gasteiger partial charge in [-0.3, -0.25) is 4.79 Å². The predicted molar refractivity (Wildman–Crippen MR) is 96.7 cm³/mol. The van der Waals surface area contributed by atoms with Crippen LogP contribution in [0.3, 0.4) is 0 Å². The van der Waals surface area contributed by atoms with Gasteiger partial charge in [-0.05, 0) is 55.6 Å². The van der Waals surface area contributed by atoms with Crippen LogP contribution in [0.15, 0.2) is 64.9 Å². The normalized spacial score (nSPS) is 16.2. The summed E-state index contributed by atoms with van der Waals surface area (Å²) in [6.45, 7) is 2.40. The van der Waals surface area contributed by atoms with E-state index in [0.29, 0.717) is 34.6 Å². The Morgan fingerprint density at radius 1 is 1.29 bits per heavy atom. The molecule has 1 saturated heterocycles. The molecule has 6 heteroatoms. The highest BCUT2D eigenvalue weighted by Crippen LogP contribution is 2.31. The highest BCUT2D eigenvalue weighted by molar-refractivity contribution is 7.80. The summed E-state index contributed by atoms with van der Waals surface area (Å²) < 4.78 is 10.8. The number of nitrogens with one attached hydrogen (secondary N) is 1. The number of amides is 1. The molecule has 122 valence electrons. The van der Waals surface area contributed by atoms with Gasteiger partial charge >= 0.3 is 0 Å². The maximum atomic E-state index is 12.7. The molecule has 1 N–H and O–H groups in total. The zero-order valence-electron chi connectivity index (χ0n) is 13.1. The Morgan fingerprint density at radius 3 is 2.88 bits per heavy atom. The standard InChI is InChI=1S/C18H16N2O3S/c1-2-22-16-11-4-3-10-15(16)20-17(21)14(19-18(20)24)9-5-7-13-8-6-12-23-13/h3-12H,2H2,1H3,(H,19,24)/b7-5+,14-9+. The Labute approximate surface area is 145 Å². The quantitative estimate of drug-likeness (QED) is 0.667. The van der Waals surface area contributed by atoms with E-state index in [2.05, 4.69) is 5.32 Å². The molecular formula is C18H16N2O3S. The van der Waals surface area contributed by atoms with Crippen molar-refractivity contribution in [2.75, 3.05) is 11.5 Å². The number of thiocarbonyl (C=S) groups is 1. The van der Waals surface area contributed by atoms with E-state index in [1.165, 1.54) is 4.90 Å². The van der Waals surface area contributed by atoms with Crippen LogP contribution in [0, 0.1) is 0 Å². The third kappa shape index (κ3) is 3.23. The van der Waals surface area contributed by atoms with Gasteiger partial charge in [0.2, 0.25) is 0 Å². The molecule has 0 unspecified atom stereocenters. The molecule has 1 aliphatic heterocycles. The first-order valence-electron chi connectivity index (χ1n) is 7.50. The summed E-state index contributed by atoms with van der Waals surface area (Å²) in [6.07, 6.45) is 6.76. The van der Waals surface area contributed by atoms with E-state index in [-0.39, 0.29) is 5.91 Å². The zero-order valence-corrected chi connectivity index (χ0v) is 13.9. The van der Waals surface area contributed by atoms with Crippen LogP contribution in [0.1, 0.15) is 12.7 Å². The Bertz CT molecular complexity index is 809. The molecule has 5 nitrogen and oxygen atoms in total. The summed E-state index contributed by atoms with van der Waals surface area (Å²) in [7, 11) is 0. The first-order valence-corrected chi connectivity index (χ1v) is 7.90. The number of carbonyl (C=O) groups excluding carboxylic acids is 1. The monoisotopic (exact) mass is 340 g/mol. The molecule has 0 saturated carbocycles. The van der Waals surface area contributed by atoms with Gasteiger partial charge in [-0.1, -0.05) is 18.2 Å². The van der Waals surface area contributed by atoms with Gasteiger partial charge in [-0.25, -0.2) is 4.90 Å². The van der Waals surface area contributed by atoms with Gasteiger partial charge in [0.1, 0.15) is 17.2 Å². The summed E-state index contributed by atoms with van der Waals surface area (Å²) in [5, 5.41) is 3.26. The van der Waals surface area contributed by atoms with Crippen LogP contribution in [-0.4, -0.2) is 17.6 Å². The number of hydrogen-bond acceptors (Lipinski definition) is 4. The van der Waals surface area contributed by atoms with E-state index in [1.807, 2.05) is 31.2 Å². The van der Waals surface area contributed by atoms with Gasteiger partial charge in [0, 0.05) is 0 Å². The van der Waals surface area contributed by atoms with Gasteiger partial charge in [0.05, 0.1) is 18.6 Å². The highest BCUT2D eigenvalue weighted by atomic mass is 32.1. The Morgan fingerprint density at radius 2 is 2.12 bits per heavy atom. The fourth-order valence-corrected chi connectivity index (χ4v) is 2.60. The lowest BCUT2D eigenvalue weighted by molar-refractivity contribution is -0.113. The second-order valence-electron chi connectivity index (χ2n) is 4.93. The maximum Gasteiger partial charge on any atom is 0.281 e. The summed E-state index contributed by atoms with van der Waals surface area (Å²) in [5.74, 6) is 1.10. The number of benzene rings is 1. The van der Waals surface area contributed by atoms with Crippen molar-refractivity contribution in [2.45, 2.75) is 6.92 Å². The first-order chi connectivity index (χ1) is 11.7. The molecule has 0 bridgehead atoms. The maximum absolute atomic E-state index is 12.7. The Kier molecular flexibility index (Phi) is 4.77. The van der Waals surface area contributed by atoms with Crippen LogP contribution in [-0.2, 0) is 4.79 Å². The number of allylic oxidation sites excluding steroid dienone is 2. The van der Waals surface area contributed by atoms with Crippen molar-refractivity contribution in [3.05, 3.63) is 66.3 Å². The van der Waals surface area contributed by atoms with Crippen molar-refractivity contribution >= 4 is 35.0 Å². The molecule has 2 heterocycles. The minimum absolute atomic E-state index is 0.226. The second-order valence-corrected chi connectivity index (χ2v) is 5.31. The van der Waals surface area contributed by atoms with Crippen LogP contribution in [0.25, 0.3) is 6.08 Å². The number of ether oxygens (including phenoxy) is 1. The molecule has 1 aromatic heterocycles. The van der Waals surface area contributed by atoms with Crippen molar-refractivity contribution in [3.8, 4) is 5.75 Å². The topological polar surface area (TPSA) is 54.7 Å². The molecule has 1 aliphatic rings. The average Bonchev–Trinajstić information content (AvgIpc) is 3.18. The fraction of sp³-hybridized carbons (Fsp3) is 0.111. The molecule has 0 aliphatic carbocycles. The SMILES string of the molecule is CCOc1ccccc1N1C(=O)/C(=C\C=C\c2ccco2)NC1=S. The molecule has 1 aromatic carbocycles. The van der Waals surface area contributed by atoms with Crippen LogP contribution >= 0.6 is 12.2 Å². The molecule has 1 amide bonds. The number of rotatable bonds is 5. The summed E-state index contributed by atoms with van der Waals surface area (Å²) in [5.41, 5.74) is 1.02. The number of hydrogen-bond donors (Lipinski definition) is 1. The summed E-state index contributed by atoms with van der Waals surface area (Å²) in [4.78, 5) is 14.1. The van der Waals surface area contributed by atoms with Gasteiger partial charge in [-0.15, -0.1) is 0 Å². The first kappa shape index (κ1) is 16.0. The lowest BCUT2D eigenvalue weighted by Crippen LogP contribution is -2.30. The van der Waals surface area contributed by atoms with E-state index in [9.17, 15) is 4.79 Å². The van der Waals surface area contributed by atoms with E-state index in [4.69, 9.17) is 21.4 Å². The predicted octanol–water partition coefficient (Wildman–Crippen LogP) is 3.50. The molecular weight excluding hydrogens is 324 g/mol. The second kappa shape index (κ2) is 7.14. The van der Waals surface area contributed by atoms with E-state index < -0.39 is 0 Å². The van der Waals surface area contributed by atoms with Crippen molar-refractivity contribution in [2.24, 2.45) is 0 Å². The van der Waals surface area contributed by atoms with Crippen LogP contribution in [0.5, 0.6) is 5.75 Å². The zero-order chi connectivity index (χ0) is 16.9. The minimum Gasteiger partial charge on any atom is -0.492 e.